The normalized spacial score (nSPS) is 31.9. The largest absolute Gasteiger partial charge is 0.467 e. The summed E-state index contributed by atoms with van der Waals surface area (Å²) in [6.45, 7) is 0.0481. The minimum atomic E-state index is -0.349. The van der Waals surface area contributed by atoms with Gasteiger partial charge < -0.3 is 9.73 Å². The van der Waals surface area contributed by atoms with Gasteiger partial charge >= 0.3 is 0 Å². The summed E-state index contributed by atoms with van der Waals surface area (Å²) in [6, 6.07) is 3.49. The molecular weight excluding hydrogens is 284 g/mol. The number of fused-ring (bicyclic) bond motifs is 5. The van der Waals surface area contributed by atoms with Crippen LogP contribution in [0.5, 0.6) is 0 Å². The first-order valence-corrected chi connectivity index (χ1v) is 7.48. The summed E-state index contributed by atoms with van der Waals surface area (Å²) >= 11 is 0. The van der Waals surface area contributed by atoms with E-state index in [0.717, 1.165) is 11.3 Å². The minimum absolute atomic E-state index is 0.169. The van der Waals surface area contributed by atoms with Crippen LogP contribution in [0.25, 0.3) is 0 Å². The quantitative estimate of drug-likeness (QED) is 0.656. The van der Waals surface area contributed by atoms with Gasteiger partial charge in [0.25, 0.3) is 0 Å². The Morgan fingerprint density at radius 3 is 2.50 bits per heavy atom. The highest BCUT2D eigenvalue weighted by molar-refractivity contribution is 6.08. The first-order valence-electron chi connectivity index (χ1n) is 7.48. The molecule has 2 bridgehead atoms. The second kappa shape index (κ2) is 4.83. The maximum absolute atomic E-state index is 12.4. The van der Waals surface area contributed by atoms with Gasteiger partial charge in [-0.15, -0.1) is 0 Å². The van der Waals surface area contributed by atoms with E-state index in [1.165, 1.54) is 6.26 Å². The second-order valence-corrected chi connectivity index (χ2v) is 6.12. The van der Waals surface area contributed by atoms with Crippen LogP contribution < -0.4 is 5.32 Å². The van der Waals surface area contributed by atoms with Gasteiger partial charge in [-0.25, -0.2) is 0 Å². The molecule has 114 valence electrons. The standard InChI is InChI=1S/C16H16N2O4/c19-12(17-7-11-2-1-5-22-11)8-18-15(20)13-9-3-4-10(6-9)14(13)16(18)21/h1-5,9-10,13-14H,6-8H2,(H,17,19)/t9-,10-,13-,14-/m0/s1. The van der Waals surface area contributed by atoms with E-state index in [9.17, 15) is 14.4 Å². The molecule has 0 aromatic carbocycles. The number of hydrogen-bond acceptors (Lipinski definition) is 4. The number of amides is 3. The summed E-state index contributed by atoms with van der Waals surface area (Å²) in [7, 11) is 0. The monoisotopic (exact) mass is 300 g/mol. The summed E-state index contributed by atoms with van der Waals surface area (Å²) in [5, 5.41) is 2.66. The van der Waals surface area contributed by atoms with Crippen molar-refractivity contribution < 1.29 is 18.8 Å². The summed E-state index contributed by atoms with van der Waals surface area (Å²) in [5.41, 5.74) is 0. The van der Waals surface area contributed by atoms with Crippen molar-refractivity contribution in [3.8, 4) is 0 Å². The van der Waals surface area contributed by atoms with Crippen molar-refractivity contribution in [2.75, 3.05) is 6.54 Å². The highest BCUT2D eigenvalue weighted by Gasteiger charge is 2.59. The zero-order chi connectivity index (χ0) is 15.3. The van der Waals surface area contributed by atoms with Gasteiger partial charge in [-0.3, -0.25) is 19.3 Å². The number of carbonyl (C=O) groups excluding carboxylic acids is 3. The molecule has 0 radical (unpaired) electrons. The van der Waals surface area contributed by atoms with E-state index in [1.807, 2.05) is 12.2 Å². The molecule has 1 aromatic heterocycles. The molecule has 1 N–H and O–H groups in total. The summed E-state index contributed by atoms with van der Waals surface area (Å²) in [4.78, 5) is 37.9. The predicted octanol–water partition coefficient (Wildman–Crippen LogP) is 0.703. The van der Waals surface area contributed by atoms with Gasteiger partial charge in [0.1, 0.15) is 12.3 Å². The Morgan fingerprint density at radius 2 is 1.91 bits per heavy atom. The number of likely N-dealkylation sites (tertiary alicyclic amines) is 1. The van der Waals surface area contributed by atoms with Crippen LogP contribution in [0.2, 0.25) is 0 Å². The molecular formula is C16H16N2O4. The average Bonchev–Trinajstić information content (AvgIpc) is 3.26. The molecule has 1 aliphatic heterocycles. The molecule has 6 nitrogen and oxygen atoms in total. The lowest BCUT2D eigenvalue weighted by Crippen LogP contribution is -2.41. The fourth-order valence-corrected chi connectivity index (χ4v) is 3.92. The van der Waals surface area contributed by atoms with E-state index >= 15 is 0 Å². The Bertz CT molecular complexity index is 634. The molecule has 1 saturated carbocycles. The van der Waals surface area contributed by atoms with Crippen LogP contribution in [-0.4, -0.2) is 29.2 Å². The second-order valence-electron chi connectivity index (χ2n) is 6.12. The number of imide groups is 1. The molecule has 3 amide bonds. The molecule has 22 heavy (non-hydrogen) atoms. The highest BCUT2D eigenvalue weighted by Crippen LogP contribution is 2.52. The Hall–Kier alpha value is -2.37. The van der Waals surface area contributed by atoms with Gasteiger partial charge in [0, 0.05) is 0 Å². The van der Waals surface area contributed by atoms with E-state index in [4.69, 9.17) is 4.42 Å². The lowest BCUT2D eigenvalue weighted by Gasteiger charge is -2.16. The van der Waals surface area contributed by atoms with Gasteiger partial charge in [-0.1, -0.05) is 12.2 Å². The van der Waals surface area contributed by atoms with Crippen LogP contribution in [-0.2, 0) is 20.9 Å². The molecule has 0 unspecified atom stereocenters. The van der Waals surface area contributed by atoms with Gasteiger partial charge in [0.15, 0.2) is 0 Å². The van der Waals surface area contributed by atoms with Crippen LogP contribution in [0.1, 0.15) is 12.2 Å². The molecule has 2 heterocycles. The molecule has 6 heteroatoms. The zero-order valence-corrected chi connectivity index (χ0v) is 11.9. The molecule has 4 rings (SSSR count). The molecule has 3 aliphatic rings. The number of rotatable bonds is 4. The first-order chi connectivity index (χ1) is 10.6. The van der Waals surface area contributed by atoms with E-state index in [2.05, 4.69) is 5.32 Å². The van der Waals surface area contributed by atoms with E-state index < -0.39 is 0 Å². The van der Waals surface area contributed by atoms with Gasteiger partial charge in [0.2, 0.25) is 17.7 Å². The number of hydrogen-bond donors (Lipinski definition) is 1. The van der Waals surface area contributed by atoms with Crippen molar-refractivity contribution in [1.29, 1.82) is 0 Å². The van der Waals surface area contributed by atoms with E-state index in [1.54, 1.807) is 12.1 Å². The van der Waals surface area contributed by atoms with E-state index in [0.29, 0.717) is 5.76 Å². The maximum atomic E-state index is 12.4. The van der Waals surface area contributed by atoms with E-state index in [-0.39, 0.29) is 54.5 Å². The summed E-state index contributed by atoms with van der Waals surface area (Å²) in [5.74, 6) is -0.268. The summed E-state index contributed by atoms with van der Waals surface area (Å²) in [6.07, 6.45) is 6.50. The third-order valence-corrected chi connectivity index (χ3v) is 4.90. The van der Waals surface area contributed by atoms with Crippen molar-refractivity contribution in [1.82, 2.24) is 10.2 Å². The molecule has 1 saturated heterocycles. The maximum Gasteiger partial charge on any atom is 0.240 e. The molecule has 1 aromatic rings. The van der Waals surface area contributed by atoms with Crippen molar-refractivity contribution in [2.24, 2.45) is 23.7 Å². The van der Waals surface area contributed by atoms with Crippen LogP contribution in [0.15, 0.2) is 35.0 Å². The topological polar surface area (TPSA) is 79.6 Å². The number of furan rings is 1. The molecule has 4 atom stereocenters. The van der Waals surface area contributed by atoms with Crippen LogP contribution in [0, 0.1) is 23.7 Å². The van der Waals surface area contributed by atoms with Crippen molar-refractivity contribution >= 4 is 17.7 Å². The van der Waals surface area contributed by atoms with Crippen molar-refractivity contribution in [3.63, 3.8) is 0 Å². The zero-order valence-electron chi connectivity index (χ0n) is 11.9. The smallest absolute Gasteiger partial charge is 0.240 e. The van der Waals surface area contributed by atoms with Crippen LogP contribution in [0.3, 0.4) is 0 Å². The Kier molecular flexibility index (Phi) is 2.92. The fraction of sp³-hybridized carbons (Fsp3) is 0.438. The van der Waals surface area contributed by atoms with Gasteiger partial charge in [-0.05, 0) is 30.4 Å². The third-order valence-electron chi connectivity index (χ3n) is 4.90. The average molecular weight is 300 g/mol. The highest BCUT2D eigenvalue weighted by atomic mass is 16.3. The fourth-order valence-electron chi connectivity index (χ4n) is 3.92. The lowest BCUT2D eigenvalue weighted by atomic mass is 9.85. The van der Waals surface area contributed by atoms with Gasteiger partial charge in [-0.2, -0.15) is 0 Å². The Morgan fingerprint density at radius 1 is 1.23 bits per heavy atom. The molecule has 0 spiro atoms. The van der Waals surface area contributed by atoms with Crippen molar-refractivity contribution in [2.45, 2.75) is 13.0 Å². The van der Waals surface area contributed by atoms with Crippen molar-refractivity contribution in [3.05, 3.63) is 36.3 Å². The SMILES string of the molecule is O=C(CN1C(=O)[C@@H]2[C@@H](C1=O)[C@H]1C=C[C@H]2C1)NCc1ccco1. The van der Waals surface area contributed by atoms with Gasteiger partial charge in [0.05, 0.1) is 24.6 Å². The summed E-state index contributed by atoms with van der Waals surface area (Å²) < 4.78 is 5.12. The van der Waals surface area contributed by atoms with Crippen LogP contribution >= 0.6 is 0 Å². The number of nitrogens with one attached hydrogen (secondary N) is 1. The predicted molar refractivity (Wildman–Crippen MR) is 75.0 cm³/mol. The third kappa shape index (κ3) is 1.90. The number of carbonyl (C=O) groups is 3. The first kappa shape index (κ1) is 13.3. The Labute approximate surface area is 127 Å². The lowest BCUT2D eigenvalue weighted by molar-refractivity contribution is -0.144. The Balaban J connectivity index is 1.40. The minimum Gasteiger partial charge on any atom is -0.467 e. The molecule has 2 aliphatic carbocycles. The number of allylic oxidation sites excluding steroid dienone is 2. The number of nitrogens with zero attached hydrogens (tertiary/aromatic N) is 1. The molecule has 2 fully saturated rings. The van der Waals surface area contributed by atoms with Crippen LogP contribution in [0.4, 0.5) is 0 Å².